The fraction of sp³-hybridized carbons (Fsp3) is 0.167. The quantitative estimate of drug-likeness (QED) is 0.427. The van der Waals surface area contributed by atoms with Gasteiger partial charge in [-0.05, 0) is 0 Å². The molecule has 0 fully saturated rings. The van der Waals surface area contributed by atoms with E-state index in [9.17, 15) is 9.59 Å². The fourth-order valence-electron chi connectivity index (χ4n) is 1.04. The van der Waals surface area contributed by atoms with Gasteiger partial charge in [0.25, 0.3) is 5.56 Å². The van der Waals surface area contributed by atoms with Crippen LogP contribution in [0.3, 0.4) is 0 Å². The molecule has 0 spiro atoms. The van der Waals surface area contributed by atoms with Crippen molar-refractivity contribution in [3.8, 4) is 0 Å². The van der Waals surface area contributed by atoms with Crippen molar-refractivity contribution in [2.24, 2.45) is 7.05 Å². The van der Waals surface area contributed by atoms with Crippen LogP contribution in [-0.2, 0) is 7.05 Å². The van der Waals surface area contributed by atoms with Crippen molar-refractivity contribution in [2.75, 3.05) is 0 Å². The number of imidazole rings is 1. The first-order valence-electron chi connectivity index (χ1n) is 3.32. The molecule has 0 aliphatic carbocycles. The van der Waals surface area contributed by atoms with Gasteiger partial charge in [-0.15, -0.1) is 0 Å². The maximum absolute atomic E-state index is 11.1. The van der Waals surface area contributed by atoms with E-state index in [0.29, 0.717) is 5.65 Å². The van der Waals surface area contributed by atoms with Crippen LogP contribution in [0.1, 0.15) is 2.85 Å². The summed E-state index contributed by atoms with van der Waals surface area (Å²) in [7, 11) is 1.70. The van der Waals surface area contributed by atoms with Gasteiger partial charge in [-0.1, -0.05) is 0 Å². The van der Waals surface area contributed by atoms with Gasteiger partial charge < -0.3 is 7.42 Å². The summed E-state index contributed by atoms with van der Waals surface area (Å²) >= 11 is 0. The number of aryl methyl sites for hydroxylation is 1. The Balaban J connectivity index is -0.000000422. The van der Waals surface area contributed by atoms with Crippen LogP contribution < -0.4 is 70.4 Å². The second-order valence-electron chi connectivity index (χ2n) is 2.46. The van der Waals surface area contributed by atoms with E-state index in [2.05, 4.69) is 15.0 Å². The molecule has 0 saturated carbocycles. The first-order chi connectivity index (χ1) is 5.68. The van der Waals surface area contributed by atoms with Gasteiger partial charge in [0.2, 0.25) is 0 Å². The molecule has 2 aromatic heterocycles. The molecule has 8 heteroatoms. The zero-order chi connectivity index (χ0) is 8.72. The van der Waals surface area contributed by atoms with Crippen LogP contribution in [-0.4, -0.2) is 19.5 Å². The van der Waals surface area contributed by atoms with E-state index in [4.69, 9.17) is 0 Å². The summed E-state index contributed by atoms with van der Waals surface area (Å²) in [6, 6.07) is 0. The minimum atomic E-state index is -0.517. The summed E-state index contributed by atoms with van der Waals surface area (Å²) < 4.78 is 1.58. The van der Waals surface area contributed by atoms with E-state index in [1.54, 1.807) is 11.6 Å². The molecule has 0 aliphatic rings. The van der Waals surface area contributed by atoms with Crippen LogP contribution in [0.5, 0.6) is 0 Å². The molecular formula is C6H8N4Na2O2. The van der Waals surface area contributed by atoms with E-state index in [-0.39, 0.29) is 67.5 Å². The Morgan fingerprint density at radius 2 is 2.00 bits per heavy atom. The summed E-state index contributed by atoms with van der Waals surface area (Å²) in [5, 5.41) is 0. The molecule has 6 nitrogen and oxygen atoms in total. The zero-order valence-corrected chi connectivity index (χ0v) is 12.3. The summed E-state index contributed by atoms with van der Waals surface area (Å²) in [5.74, 6) is 0. The number of aromatic amines is 2. The molecule has 0 amide bonds. The molecule has 0 aromatic carbocycles. The maximum atomic E-state index is 11.1. The molecule has 14 heavy (non-hydrogen) atoms. The van der Waals surface area contributed by atoms with Gasteiger partial charge in [-0.25, -0.2) is 9.78 Å². The largest absolute Gasteiger partial charge is 1.00 e. The number of aromatic nitrogens is 4. The van der Waals surface area contributed by atoms with Crippen molar-refractivity contribution in [1.82, 2.24) is 19.5 Å². The first-order valence-corrected chi connectivity index (χ1v) is 3.32. The van der Waals surface area contributed by atoms with E-state index in [1.165, 1.54) is 6.33 Å². The van der Waals surface area contributed by atoms with Gasteiger partial charge in [0.05, 0.1) is 6.33 Å². The van der Waals surface area contributed by atoms with Crippen molar-refractivity contribution < 1.29 is 62.0 Å². The molecule has 0 saturated heterocycles. The molecule has 2 N–H and O–H groups in total. The van der Waals surface area contributed by atoms with Gasteiger partial charge >= 0.3 is 64.8 Å². The van der Waals surface area contributed by atoms with E-state index < -0.39 is 11.2 Å². The summed E-state index contributed by atoms with van der Waals surface area (Å²) in [6.45, 7) is 0. The number of fused-ring (bicyclic) bond motifs is 1. The minimum Gasteiger partial charge on any atom is -1.00 e. The molecule has 0 bridgehead atoms. The number of nitrogens with one attached hydrogen (secondary N) is 2. The average molecular weight is 214 g/mol. The normalized spacial score (nSPS) is 9.21. The molecule has 2 rings (SSSR count). The van der Waals surface area contributed by atoms with E-state index in [1.807, 2.05) is 0 Å². The number of rotatable bonds is 0. The van der Waals surface area contributed by atoms with Crippen LogP contribution in [0.4, 0.5) is 0 Å². The topological polar surface area (TPSA) is 83.5 Å². The molecule has 66 valence electrons. The number of hydrogen-bond acceptors (Lipinski definition) is 3. The van der Waals surface area contributed by atoms with E-state index >= 15 is 0 Å². The molecule has 0 unspecified atom stereocenters. The van der Waals surface area contributed by atoms with Gasteiger partial charge in [0.1, 0.15) is 5.65 Å². The van der Waals surface area contributed by atoms with Gasteiger partial charge in [-0.2, -0.15) is 0 Å². The van der Waals surface area contributed by atoms with Crippen LogP contribution in [0.15, 0.2) is 15.9 Å². The maximum Gasteiger partial charge on any atom is 1.00 e. The second-order valence-corrected chi connectivity index (χ2v) is 2.46. The summed E-state index contributed by atoms with van der Waals surface area (Å²) in [4.78, 5) is 30.2. The summed E-state index contributed by atoms with van der Waals surface area (Å²) in [5.41, 5.74) is -0.300. The molecule has 2 aromatic rings. The predicted molar refractivity (Wildman–Crippen MR) is 44.2 cm³/mol. The van der Waals surface area contributed by atoms with Gasteiger partial charge in [-0.3, -0.25) is 14.8 Å². The Labute approximate surface area is 126 Å². The van der Waals surface area contributed by atoms with Gasteiger partial charge in [0.15, 0.2) is 5.52 Å². The molecular weight excluding hydrogens is 206 g/mol. The summed E-state index contributed by atoms with van der Waals surface area (Å²) in [6.07, 6.45) is 1.47. The van der Waals surface area contributed by atoms with Crippen LogP contribution in [0.2, 0.25) is 0 Å². The van der Waals surface area contributed by atoms with Crippen molar-refractivity contribution in [3.63, 3.8) is 0 Å². The van der Waals surface area contributed by atoms with E-state index in [0.717, 1.165) is 0 Å². The van der Waals surface area contributed by atoms with Gasteiger partial charge in [0, 0.05) is 7.05 Å². The van der Waals surface area contributed by atoms with Crippen LogP contribution in [0.25, 0.3) is 11.2 Å². The monoisotopic (exact) mass is 214 g/mol. The average Bonchev–Trinajstić information content (AvgIpc) is 2.33. The van der Waals surface area contributed by atoms with Crippen molar-refractivity contribution in [1.29, 1.82) is 0 Å². The third-order valence-electron chi connectivity index (χ3n) is 1.61. The van der Waals surface area contributed by atoms with Crippen molar-refractivity contribution in [2.45, 2.75) is 0 Å². The smallest absolute Gasteiger partial charge is 1.00 e. The Hall–Kier alpha value is 0.150. The first kappa shape index (κ1) is 14.2. The Bertz CT molecular complexity index is 549. The minimum absolute atomic E-state index is 0. The number of hydrogen-bond donors (Lipinski definition) is 2. The van der Waals surface area contributed by atoms with Crippen molar-refractivity contribution >= 4 is 11.2 Å². The predicted octanol–water partition coefficient (Wildman–Crippen LogP) is -6.82. The second kappa shape index (κ2) is 5.29. The number of nitrogens with zero attached hydrogens (tertiary/aromatic N) is 2. The van der Waals surface area contributed by atoms with Crippen molar-refractivity contribution in [3.05, 3.63) is 27.2 Å². The molecule has 2 heterocycles. The van der Waals surface area contributed by atoms with Crippen LogP contribution >= 0.6 is 0 Å². The fourth-order valence-corrected chi connectivity index (χ4v) is 1.04. The number of H-pyrrole nitrogens is 2. The Kier molecular flexibility index (Phi) is 5.35. The Morgan fingerprint density at radius 3 is 2.64 bits per heavy atom. The zero-order valence-electron chi connectivity index (χ0n) is 10.3. The molecule has 0 atom stereocenters. The third-order valence-corrected chi connectivity index (χ3v) is 1.61. The SMILES string of the molecule is Cn1cnc2c(=O)[nH]c(=O)[nH]c21.[H-].[H-].[Na+].[Na+]. The molecule has 0 radical (unpaired) electrons. The molecule has 0 aliphatic heterocycles. The van der Waals surface area contributed by atoms with Crippen LogP contribution in [0, 0.1) is 0 Å². The third kappa shape index (κ3) is 2.39. The standard InChI is InChI=1S/C6H6N4O2.2Na.2H/c1-10-2-7-3-4(10)8-6(12)9-5(3)11;;;;/h2H,1H3,(H2,8,9,11,12);;;;/q;2*+1;2*-1. The Morgan fingerprint density at radius 1 is 1.36 bits per heavy atom.